The number of carbonyl (C=O) groups excluding carboxylic acids is 1. The van der Waals surface area contributed by atoms with Crippen LogP contribution < -0.4 is 5.32 Å². The summed E-state index contributed by atoms with van der Waals surface area (Å²) < 4.78 is 36.7. The van der Waals surface area contributed by atoms with E-state index in [1.165, 1.54) is 6.08 Å². The van der Waals surface area contributed by atoms with Crippen molar-refractivity contribution in [1.29, 1.82) is 0 Å². The van der Waals surface area contributed by atoms with Gasteiger partial charge in [-0.15, -0.1) is 0 Å². The minimum absolute atomic E-state index is 0.705. The first kappa shape index (κ1) is 15.7. The molecule has 0 aliphatic carbocycles. The average Bonchev–Trinajstić information content (AvgIpc) is 2.32. The first-order valence-corrected chi connectivity index (χ1v) is 6.04. The largest absolute Gasteiger partial charge is 0.416 e. The number of aliphatic hydroxyl groups is 1. The Morgan fingerprint density at radius 3 is 2.74 bits per heavy atom. The zero-order valence-corrected chi connectivity index (χ0v) is 11.2. The van der Waals surface area contributed by atoms with Crippen molar-refractivity contribution in [3.8, 4) is 0 Å². The van der Waals surface area contributed by atoms with Crippen LogP contribution in [0, 0.1) is 0 Å². The fraction of sp³-hybridized carbons (Fsp3) is 0.250. The number of benzene rings is 1. The molecule has 19 heavy (non-hydrogen) atoms. The zero-order valence-electron chi connectivity index (χ0n) is 9.62. The van der Waals surface area contributed by atoms with Gasteiger partial charge in [-0.3, -0.25) is 4.79 Å². The quantitative estimate of drug-likeness (QED) is 0.829. The minimum atomic E-state index is -4.73. The summed E-state index contributed by atoms with van der Waals surface area (Å²) >= 11 is 3.25. The van der Waals surface area contributed by atoms with Gasteiger partial charge in [0.1, 0.15) is 0 Å². The van der Waals surface area contributed by atoms with E-state index >= 15 is 0 Å². The molecule has 0 spiro atoms. The molecule has 0 aliphatic rings. The number of carbonyl (C=O) groups is 1. The molecule has 1 rings (SSSR count). The summed E-state index contributed by atoms with van der Waals surface area (Å²) in [6.07, 6.45) is -4.73. The molecule has 1 unspecified atom stereocenters. The number of aliphatic hydroxyl groups excluding tert-OH is 1. The van der Waals surface area contributed by atoms with Crippen LogP contribution >= 0.6 is 15.9 Å². The molecule has 3 nitrogen and oxygen atoms in total. The van der Waals surface area contributed by atoms with E-state index < -0.39 is 24.7 Å². The van der Waals surface area contributed by atoms with Crippen LogP contribution in [-0.4, -0.2) is 29.8 Å². The van der Waals surface area contributed by atoms with Gasteiger partial charge in [-0.1, -0.05) is 28.1 Å². The van der Waals surface area contributed by atoms with Crippen LogP contribution in [-0.2, 0) is 4.79 Å². The van der Waals surface area contributed by atoms with Crippen LogP contribution in [0.5, 0.6) is 0 Å². The second-order valence-corrected chi connectivity index (χ2v) is 4.61. The van der Waals surface area contributed by atoms with Crippen molar-refractivity contribution in [3.63, 3.8) is 0 Å². The Labute approximate surface area is 116 Å². The van der Waals surface area contributed by atoms with Gasteiger partial charge in [0.15, 0.2) is 6.10 Å². The van der Waals surface area contributed by atoms with E-state index in [2.05, 4.69) is 15.9 Å². The molecule has 1 aromatic carbocycles. The van der Waals surface area contributed by atoms with Gasteiger partial charge >= 0.3 is 6.18 Å². The molecule has 0 aliphatic heterocycles. The molecule has 1 atom stereocenters. The van der Waals surface area contributed by atoms with E-state index in [-0.39, 0.29) is 0 Å². The van der Waals surface area contributed by atoms with Gasteiger partial charge in [-0.2, -0.15) is 13.2 Å². The highest BCUT2D eigenvalue weighted by molar-refractivity contribution is 9.10. The third-order valence-electron chi connectivity index (χ3n) is 2.12. The third-order valence-corrected chi connectivity index (χ3v) is 2.62. The molecule has 0 saturated heterocycles. The molecule has 0 saturated carbocycles. The summed E-state index contributed by atoms with van der Waals surface area (Å²) in [5.74, 6) is -0.705. The van der Waals surface area contributed by atoms with E-state index in [0.29, 0.717) is 0 Å². The number of alkyl halides is 3. The maximum Gasteiger partial charge on any atom is 0.416 e. The highest BCUT2D eigenvalue weighted by atomic mass is 79.9. The number of nitrogens with one attached hydrogen (secondary N) is 1. The van der Waals surface area contributed by atoms with Crippen LogP contribution in [0.25, 0.3) is 6.08 Å². The van der Waals surface area contributed by atoms with Gasteiger partial charge in [0.2, 0.25) is 5.91 Å². The smallest absolute Gasteiger partial charge is 0.382 e. The van der Waals surface area contributed by atoms with Gasteiger partial charge in [0.25, 0.3) is 0 Å². The standard InChI is InChI=1S/C12H11BrF3NO2/c13-9-3-1-2-8(6-9)4-5-11(19)17-7-10(18)12(14,15)16/h1-6,10,18H,7H2,(H,17,19)/b5-4+. The number of hydrogen-bond donors (Lipinski definition) is 2. The molecular formula is C12H11BrF3NO2. The molecule has 0 fully saturated rings. The van der Waals surface area contributed by atoms with Crippen molar-refractivity contribution < 1.29 is 23.1 Å². The van der Waals surface area contributed by atoms with Gasteiger partial charge in [0, 0.05) is 10.5 Å². The fourth-order valence-electron chi connectivity index (χ4n) is 1.15. The highest BCUT2D eigenvalue weighted by Crippen LogP contribution is 2.19. The monoisotopic (exact) mass is 337 g/mol. The first-order chi connectivity index (χ1) is 8.79. The number of amides is 1. The Morgan fingerprint density at radius 2 is 2.16 bits per heavy atom. The Kier molecular flexibility index (Phi) is 5.56. The molecule has 1 amide bonds. The second-order valence-electron chi connectivity index (χ2n) is 3.69. The lowest BCUT2D eigenvalue weighted by Gasteiger charge is -2.14. The van der Waals surface area contributed by atoms with Crippen molar-refractivity contribution in [3.05, 3.63) is 40.4 Å². The van der Waals surface area contributed by atoms with Gasteiger partial charge in [-0.05, 0) is 23.8 Å². The SMILES string of the molecule is O=C(/C=C/c1cccc(Br)c1)NCC(O)C(F)(F)F. The van der Waals surface area contributed by atoms with Crippen LogP contribution in [0.15, 0.2) is 34.8 Å². The van der Waals surface area contributed by atoms with Crippen molar-refractivity contribution in [2.45, 2.75) is 12.3 Å². The van der Waals surface area contributed by atoms with Crippen molar-refractivity contribution in [1.82, 2.24) is 5.32 Å². The summed E-state index contributed by atoms with van der Waals surface area (Å²) in [7, 11) is 0. The van der Waals surface area contributed by atoms with Crippen LogP contribution in [0.4, 0.5) is 13.2 Å². The Hall–Kier alpha value is -1.34. The van der Waals surface area contributed by atoms with E-state index in [1.807, 2.05) is 5.32 Å². The Balaban J connectivity index is 2.48. The predicted octanol–water partition coefficient (Wildman–Crippen LogP) is 2.50. The van der Waals surface area contributed by atoms with E-state index in [0.717, 1.165) is 16.1 Å². The maximum absolute atomic E-state index is 12.0. The topological polar surface area (TPSA) is 49.3 Å². The highest BCUT2D eigenvalue weighted by Gasteiger charge is 2.37. The first-order valence-electron chi connectivity index (χ1n) is 5.25. The van der Waals surface area contributed by atoms with Crippen molar-refractivity contribution in [2.24, 2.45) is 0 Å². The van der Waals surface area contributed by atoms with Crippen LogP contribution in [0.3, 0.4) is 0 Å². The van der Waals surface area contributed by atoms with Crippen molar-refractivity contribution in [2.75, 3.05) is 6.54 Å². The average molecular weight is 338 g/mol. The molecule has 7 heteroatoms. The normalized spacial score (nSPS) is 13.5. The van der Waals surface area contributed by atoms with Crippen LogP contribution in [0.2, 0.25) is 0 Å². The van der Waals surface area contributed by atoms with E-state index in [4.69, 9.17) is 5.11 Å². The Morgan fingerprint density at radius 1 is 1.47 bits per heavy atom. The number of halogens is 4. The number of rotatable bonds is 4. The third kappa shape index (κ3) is 5.89. The maximum atomic E-state index is 12.0. The second kappa shape index (κ2) is 6.72. The Bertz CT molecular complexity index is 474. The summed E-state index contributed by atoms with van der Waals surface area (Å²) in [5, 5.41) is 10.7. The molecule has 0 radical (unpaired) electrons. The van der Waals surface area contributed by atoms with Crippen LogP contribution in [0.1, 0.15) is 5.56 Å². The molecular weight excluding hydrogens is 327 g/mol. The number of hydrogen-bond acceptors (Lipinski definition) is 2. The lowest BCUT2D eigenvalue weighted by Crippen LogP contribution is -2.40. The van der Waals surface area contributed by atoms with Gasteiger partial charge in [-0.25, -0.2) is 0 Å². The summed E-state index contributed by atoms with van der Waals surface area (Å²) in [6.45, 7) is -0.870. The van der Waals surface area contributed by atoms with E-state index in [1.54, 1.807) is 24.3 Å². The predicted molar refractivity (Wildman–Crippen MR) is 68.2 cm³/mol. The molecule has 2 N–H and O–H groups in total. The minimum Gasteiger partial charge on any atom is -0.382 e. The lowest BCUT2D eigenvalue weighted by atomic mass is 10.2. The lowest BCUT2D eigenvalue weighted by molar-refractivity contribution is -0.201. The zero-order chi connectivity index (χ0) is 14.5. The summed E-state index contributed by atoms with van der Waals surface area (Å²) in [5.41, 5.74) is 0.723. The van der Waals surface area contributed by atoms with Gasteiger partial charge in [0.05, 0.1) is 6.54 Å². The van der Waals surface area contributed by atoms with E-state index in [9.17, 15) is 18.0 Å². The molecule has 0 aromatic heterocycles. The van der Waals surface area contributed by atoms with Gasteiger partial charge < -0.3 is 10.4 Å². The molecule has 0 bridgehead atoms. The van der Waals surface area contributed by atoms with Crippen molar-refractivity contribution >= 4 is 27.9 Å². The molecule has 1 aromatic rings. The molecule has 104 valence electrons. The fourth-order valence-corrected chi connectivity index (χ4v) is 1.57. The summed E-state index contributed by atoms with van der Waals surface area (Å²) in [6, 6.07) is 7.04. The molecule has 0 heterocycles. The summed E-state index contributed by atoms with van der Waals surface area (Å²) in [4.78, 5) is 11.2.